The number of hydrogen-bond donors (Lipinski definition) is 0. The van der Waals surface area contributed by atoms with Crippen molar-refractivity contribution in [1.29, 1.82) is 0 Å². The standard InChI is InChI=1S/C21H15N5O6/c27-24(28)18-7-1-4-15(10-18)13-22-21(17-6-3-9-20(12-17)26(31)32)23-14-16-5-2-8-19(11-16)25(29)30/h1-14,21H/b22-13+,23-14+. The summed E-state index contributed by atoms with van der Waals surface area (Å²) < 4.78 is 0. The number of nitro benzene ring substituents is 3. The van der Waals surface area contributed by atoms with Crippen LogP contribution >= 0.6 is 0 Å². The zero-order valence-corrected chi connectivity index (χ0v) is 16.3. The SMILES string of the molecule is O=[N+]([O-])c1cccc(/C=N/C(/N=C/c2cccc([N+](=O)[O-])c2)c2cccc([N+](=O)[O-])c2)c1. The fourth-order valence-electron chi connectivity index (χ4n) is 2.76. The number of hydrogen-bond acceptors (Lipinski definition) is 8. The Morgan fingerprint density at radius 1 is 0.625 bits per heavy atom. The second kappa shape index (κ2) is 9.80. The molecule has 0 atom stereocenters. The van der Waals surface area contributed by atoms with Gasteiger partial charge in [-0.15, -0.1) is 0 Å². The van der Waals surface area contributed by atoms with Crippen molar-refractivity contribution in [1.82, 2.24) is 0 Å². The van der Waals surface area contributed by atoms with Crippen molar-refractivity contribution in [2.75, 3.05) is 0 Å². The molecule has 3 aromatic carbocycles. The average Bonchev–Trinajstić information content (AvgIpc) is 2.79. The van der Waals surface area contributed by atoms with Crippen molar-refractivity contribution >= 4 is 29.5 Å². The molecular weight excluding hydrogens is 418 g/mol. The van der Waals surface area contributed by atoms with E-state index in [1.54, 1.807) is 18.2 Å². The van der Waals surface area contributed by atoms with Gasteiger partial charge in [-0.3, -0.25) is 40.3 Å². The topological polar surface area (TPSA) is 154 Å². The van der Waals surface area contributed by atoms with Crippen molar-refractivity contribution < 1.29 is 14.8 Å². The highest BCUT2D eigenvalue weighted by molar-refractivity contribution is 5.82. The number of non-ortho nitro benzene ring substituents is 3. The van der Waals surface area contributed by atoms with Gasteiger partial charge in [0.25, 0.3) is 17.1 Å². The van der Waals surface area contributed by atoms with Crippen LogP contribution in [-0.4, -0.2) is 27.2 Å². The Kier molecular flexibility index (Phi) is 6.71. The molecule has 160 valence electrons. The molecule has 0 spiro atoms. The van der Waals surface area contributed by atoms with E-state index >= 15 is 0 Å². The molecule has 0 N–H and O–H groups in total. The molecule has 0 aromatic heterocycles. The minimum atomic E-state index is -0.923. The van der Waals surface area contributed by atoms with E-state index in [9.17, 15) is 30.3 Å². The molecule has 0 amide bonds. The lowest BCUT2D eigenvalue weighted by molar-refractivity contribution is -0.385. The molecular formula is C21H15N5O6. The molecule has 0 unspecified atom stereocenters. The average molecular weight is 433 g/mol. The lowest BCUT2D eigenvalue weighted by Crippen LogP contribution is -1.98. The van der Waals surface area contributed by atoms with Crippen LogP contribution in [-0.2, 0) is 0 Å². The van der Waals surface area contributed by atoms with Gasteiger partial charge < -0.3 is 0 Å². The Balaban J connectivity index is 1.98. The third kappa shape index (κ3) is 5.63. The van der Waals surface area contributed by atoms with E-state index in [0.717, 1.165) is 0 Å². The normalized spacial score (nSPS) is 11.3. The van der Waals surface area contributed by atoms with Gasteiger partial charge in [0, 0.05) is 54.4 Å². The number of nitrogens with zero attached hydrogens (tertiary/aromatic N) is 5. The van der Waals surface area contributed by atoms with Crippen molar-refractivity contribution in [3.05, 3.63) is 120 Å². The third-order valence-electron chi connectivity index (χ3n) is 4.27. The maximum absolute atomic E-state index is 11.1. The molecule has 0 heterocycles. The second-order valence-corrected chi connectivity index (χ2v) is 6.49. The van der Waals surface area contributed by atoms with Crippen LogP contribution < -0.4 is 0 Å². The van der Waals surface area contributed by atoms with Gasteiger partial charge in [0.05, 0.1) is 14.8 Å². The molecule has 3 rings (SSSR count). The summed E-state index contributed by atoms with van der Waals surface area (Å²) in [6, 6.07) is 17.3. The van der Waals surface area contributed by atoms with Crippen LogP contribution in [0.2, 0.25) is 0 Å². The minimum absolute atomic E-state index is 0.110. The van der Waals surface area contributed by atoms with E-state index in [1.807, 2.05) is 0 Å². The largest absolute Gasteiger partial charge is 0.270 e. The summed E-state index contributed by atoms with van der Waals surface area (Å²) in [6.07, 6.45) is 1.83. The van der Waals surface area contributed by atoms with E-state index in [2.05, 4.69) is 9.98 Å². The Morgan fingerprint density at radius 2 is 1.03 bits per heavy atom. The van der Waals surface area contributed by atoms with Crippen LogP contribution in [0.3, 0.4) is 0 Å². The monoisotopic (exact) mass is 433 g/mol. The van der Waals surface area contributed by atoms with Crippen LogP contribution in [0.25, 0.3) is 0 Å². The molecule has 0 radical (unpaired) electrons. The minimum Gasteiger partial charge on any atom is -0.261 e. The molecule has 0 saturated heterocycles. The molecule has 0 aliphatic rings. The maximum Gasteiger partial charge on any atom is 0.270 e. The highest BCUT2D eigenvalue weighted by Crippen LogP contribution is 2.24. The number of nitro groups is 3. The predicted molar refractivity (Wildman–Crippen MR) is 117 cm³/mol. The molecule has 11 nitrogen and oxygen atoms in total. The van der Waals surface area contributed by atoms with Crippen molar-refractivity contribution in [3.8, 4) is 0 Å². The molecule has 0 fully saturated rings. The van der Waals surface area contributed by atoms with Crippen LogP contribution in [0.15, 0.2) is 82.8 Å². The van der Waals surface area contributed by atoms with Crippen molar-refractivity contribution in [3.63, 3.8) is 0 Å². The summed E-state index contributed by atoms with van der Waals surface area (Å²) >= 11 is 0. The molecule has 0 bridgehead atoms. The van der Waals surface area contributed by atoms with E-state index in [0.29, 0.717) is 16.7 Å². The first kappa shape index (κ1) is 21.9. The van der Waals surface area contributed by atoms with Gasteiger partial charge in [-0.05, 0) is 11.1 Å². The van der Waals surface area contributed by atoms with Crippen LogP contribution in [0.1, 0.15) is 22.9 Å². The van der Waals surface area contributed by atoms with E-state index < -0.39 is 20.9 Å². The van der Waals surface area contributed by atoms with Crippen LogP contribution in [0, 0.1) is 30.3 Å². The molecule has 0 saturated carbocycles. The second-order valence-electron chi connectivity index (χ2n) is 6.49. The van der Waals surface area contributed by atoms with Crippen LogP contribution in [0.5, 0.6) is 0 Å². The molecule has 0 aliphatic heterocycles. The summed E-state index contributed by atoms with van der Waals surface area (Å²) in [7, 11) is 0. The van der Waals surface area contributed by atoms with Gasteiger partial charge in [0.1, 0.15) is 0 Å². The highest BCUT2D eigenvalue weighted by atomic mass is 16.6. The zero-order valence-electron chi connectivity index (χ0n) is 16.3. The molecule has 0 aliphatic carbocycles. The predicted octanol–water partition coefficient (Wildman–Crippen LogP) is 4.65. The Hall–Kier alpha value is -4.80. The van der Waals surface area contributed by atoms with E-state index in [4.69, 9.17) is 0 Å². The smallest absolute Gasteiger partial charge is 0.261 e. The van der Waals surface area contributed by atoms with Gasteiger partial charge in [0.2, 0.25) is 0 Å². The van der Waals surface area contributed by atoms with Gasteiger partial charge in [-0.2, -0.15) is 0 Å². The Bertz CT molecular complexity index is 1170. The van der Waals surface area contributed by atoms with Gasteiger partial charge in [-0.25, -0.2) is 0 Å². The molecule has 11 heteroatoms. The van der Waals surface area contributed by atoms with Crippen molar-refractivity contribution in [2.45, 2.75) is 6.17 Å². The zero-order chi connectivity index (χ0) is 23.1. The summed E-state index contributed by atoms with van der Waals surface area (Å²) in [5.41, 5.74) is 0.924. The maximum atomic E-state index is 11.1. The first-order valence-corrected chi connectivity index (χ1v) is 9.13. The van der Waals surface area contributed by atoms with E-state index in [-0.39, 0.29) is 17.1 Å². The first-order valence-electron chi connectivity index (χ1n) is 9.13. The van der Waals surface area contributed by atoms with Crippen molar-refractivity contribution in [2.24, 2.45) is 9.98 Å². The van der Waals surface area contributed by atoms with Crippen LogP contribution in [0.4, 0.5) is 17.1 Å². The summed E-state index contributed by atoms with van der Waals surface area (Å²) in [6.45, 7) is 0. The highest BCUT2D eigenvalue weighted by Gasteiger charge is 2.13. The third-order valence-corrected chi connectivity index (χ3v) is 4.27. The summed E-state index contributed by atoms with van der Waals surface area (Å²) in [5.74, 6) is 0. The van der Waals surface area contributed by atoms with Gasteiger partial charge >= 0.3 is 0 Å². The number of rotatable bonds is 8. The fraction of sp³-hybridized carbons (Fsp3) is 0.0476. The summed E-state index contributed by atoms with van der Waals surface area (Å²) in [4.78, 5) is 40.1. The molecule has 3 aromatic rings. The molecule has 32 heavy (non-hydrogen) atoms. The quantitative estimate of drug-likeness (QED) is 0.286. The van der Waals surface area contributed by atoms with E-state index in [1.165, 1.54) is 67.0 Å². The van der Waals surface area contributed by atoms with Gasteiger partial charge in [0.15, 0.2) is 6.17 Å². The van der Waals surface area contributed by atoms with Gasteiger partial charge in [-0.1, -0.05) is 36.4 Å². The number of aliphatic imine (C=N–C) groups is 2. The lowest BCUT2D eigenvalue weighted by Gasteiger charge is -2.08. The first-order chi connectivity index (χ1) is 15.3. The lowest BCUT2D eigenvalue weighted by atomic mass is 10.1. The fourth-order valence-corrected chi connectivity index (χ4v) is 2.76. The number of benzene rings is 3. The Morgan fingerprint density at radius 3 is 1.47 bits per heavy atom. The summed E-state index contributed by atoms with van der Waals surface area (Å²) in [5, 5.41) is 33.1. The Labute approximate surface area is 180 Å².